The molecule has 0 unspecified atom stereocenters. The number of carbonyl (C=O) groups excluding carboxylic acids is 1. The molecule has 0 saturated heterocycles. The molecule has 0 aromatic heterocycles. The Balaban J connectivity index is 1.75. The van der Waals surface area contributed by atoms with Crippen LogP contribution in [0.4, 0.5) is 11.4 Å². The molecule has 3 aromatic rings. The van der Waals surface area contributed by atoms with Crippen LogP contribution < -0.4 is 15.4 Å². The molecule has 3 aromatic carbocycles. The number of nitrogen functional groups attached to an aromatic ring is 1. The van der Waals surface area contributed by atoms with E-state index in [1.807, 2.05) is 61.5 Å². The number of aryl methyl sites for hydroxylation is 1. The van der Waals surface area contributed by atoms with Gasteiger partial charge in [-0.25, -0.2) is 0 Å². The zero-order chi connectivity index (χ0) is 18.8. The number of hydrogen-bond acceptors (Lipinski definition) is 3. The monoisotopic (exact) mass is 356 g/mol. The number of nitrogens with two attached hydrogens (primary N) is 1. The lowest BCUT2D eigenvalue weighted by atomic mass is 10.1. The van der Waals surface area contributed by atoms with Gasteiger partial charge in [-0.2, -0.15) is 0 Å². The van der Waals surface area contributed by atoms with E-state index in [1.165, 1.54) is 5.56 Å². The zero-order valence-corrected chi connectivity index (χ0v) is 15.1. The molecule has 4 heteroatoms. The van der Waals surface area contributed by atoms with Gasteiger partial charge in [-0.05, 0) is 42.3 Å². The summed E-state index contributed by atoms with van der Waals surface area (Å²) in [4.78, 5) is 14.9. The second-order valence-electron chi connectivity index (χ2n) is 6.63. The largest absolute Gasteiger partial charge is 0.449 e. The lowest BCUT2D eigenvalue weighted by Crippen LogP contribution is -2.36. The first-order chi connectivity index (χ1) is 13.1. The van der Waals surface area contributed by atoms with Gasteiger partial charge < -0.3 is 10.5 Å². The van der Waals surface area contributed by atoms with Crippen LogP contribution >= 0.6 is 0 Å². The third-order valence-electron chi connectivity index (χ3n) is 4.51. The van der Waals surface area contributed by atoms with Gasteiger partial charge in [0.1, 0.15) is 0 Å². The molecule has 1 heterocycles. The maximum atomic E-state index is 13.2. The Morgan fingerprint density at radius 3 is 2.48 bits per heavy atom. The van der Waals surface area contributed by atoms with E-state index in [1.54, 1.807) is 29.2 Å². The third-order valence-corrected chi connectivity index (χ3v) is 4.51. The topological polar surface area (TPSA) is 55.6 Å². The summed E-state index contributed by atoms with van der Waals surface area (Å²) in [5.74, 6) is 0.737. The standard InChI is InChI=1S/C23H20N2O2/c1-16-7-9-18(10-8-16)15-25-20-14-19(24)11-12-21(20)27-22(23(25)26)13-17-5-3-2-4-6-17/h2-14H,15,24H2,1H3/b22-13+. The molecule has 0 spiro atoms. The number of carbonyl (C=O) groups is 1. The SMILES string of the molecule is Cc1ccc(CN2C(=O)/C(=C\c3ccccc3)Oc3ccc(N)cc32)cc1. The molecule has 27 heavy (non-hydrogen) atoms. The molecule has 0 saturated carbocycles. The minimum absolute atomic E-state index is 0.183. The van der Waals surface area contributed by atoms with Crippen molar-refractivity contribution in [1.29, 1.82) is 0 Å². The van der Waals surface area contributed by atoms with Gasteiger partial charge in [-0.1, -0.05) is 60.2 Å². The van der Waals surface area contributed by atoms with Crippen molar-refractivity contribution < 1.29 is 9.53 Å². The first-order valence-electron chi connectivity index (χ1n) is 8.82. The predicted molar refractivity (Wildman–Crippen MR) is 108 cm³/mol. The van der Waals surface area contributed by atoms with Crippen molar-refractivity contribution in [2.24, 2.45) is 0 Å². The number of nitrogens with zero attached hydrogens (tertiary/aromatic N) is 1. The molecule has 2 N–H and O–H groups in total. The highest BCUT2D eigenvalue weighted by molar-refractivity contribution is 6.10. The number of benzene rings is 3. The molecule has 1 aliphatic rings. The molecule has 0 aliphatic carbocycles. The molecule has 4 rings (SSSR count). The van der Waals surface area contributed by atoms with Crippen LogP contribution in [0.5, 0.6) is 5.75 Å². The molecule has 0 bridgehead atoms. The second kappa shape index (κ2) is 7.00. The van der Waals surface area contributed by atoms with Crippen molar-refractivity contribution in [2.45, 2.75) is 13.5 Å². The molecule has 1 amide bonds. The molecule has 0 radical (unpaired) electrons. The molecule has 1 aliphatic heterocycles. The summed E-state index contributed by atoms with van der Waals surface area (Å²) in [5, 5.41) is 0. The van der Waals surface area contributed by atoms with Gasteiger partial charge in [0.05, 0.1) is 12.2 Å². The van der Waals surface area contributed by atoms with Crippen LogP contribution in [-0.4, -0.2) is 5.91 Å². The number of ether oxygens (including phenoxy) is 1. The summed E-state index contributed by atoms with van der Waals surface area (Å²) < 4.78 is 5.90. The van der Waals surface area contributed by atoms with Crippen molar-refractivity contribution in [3.63, 3.8) is 0 Å². The summed E-state index contributed by atoms with van der Waals surface area (Å²) in [5.41, 5.74) is 10.4. The van der Waals surface area contributed by atoms with Crippen LogP contribution in [0.1, 0.15) is 16.7 Å². The lowest BCUT2D eigenvalue weighted by Gasteiger charge is -2.31. The molecule has 0 atom stereocenters. The Kier molecular flexibility index (Phi) is 4.38. The van der Waals surface area contributed by atoms with Gasteiger partial charge >= 0.3 is 0 Å². The van der Waals surface area contributed by atoms with Crippen LogP contribution in [0, 0.1) is 6.92 Å². The Morgan fingerprint density at radius 1 is 1.00 bits per heavy atom. The van der Waals surface area contributed by atoms with Gasteiger partial charge in [-0.3, -0.25) is 9.69 Å². The fourth-order valence-electron chi connectivity index (χ4n) is 3.06. The smallest absolute Gasteiger partial charge is 0.294 e. The Bertz CT molecular complexity index is 1010. The maximum Gasteiger partial charge on any atom is 0.294 e. The predicted octanol–water partition coefficient (Wildman–Crippen LogP) is 4.54. The average Bonchev–Trinajstić information content (AvgIpc) is 2.68. The van der Waals surface area contributed by atoms with E-state index in [2.05, 4.69) is 0 Å². The van der Waals surface area contributed by atoms with E-state index in [-0.39, 0.29) is 5.91 Å². The van der Waals surface area contributed by atoms with Gasteiger partial charge in [-0.15, -0.1) is 0 Å². The summed E-state index contributed by atoms with van der Waals surface area (Å²) in [7, 11) is 0. The quantitative estimate of drug-likeness (QED) is 0.553. The summed E-state index contributed by atoms with van der Waals surface area (Å²) >= 11 is 0. The van der Waals surface area contributed by atoms with Crippen molar-refractivity contribution >= 4 is 23.4 Å². The van der Waals surface area contributed by atoms with E-state index >= 15 is 0 Å². The van der Waals surface area contributed by atoms with Crippen molar-refractivity contribution in [3.8, 4) is 5.75 Å². The zero-order valence-electron chi connectivity index (χ0n) is 15.1. The Hall–Kier alpha value is -3.53. The molecule has 0 fully saturated rings. The van der Waals surface area contributed by atoms with Crippen LogP contribution in [-0.2, 0) is 11.3 Å². The Morgan fingerprint density at radius 2 is 1.74 bits per heavy atom. The Labute approximate surface area is 158 Å². The second-order valence-corrected chi connectivity index (χ2v) is 6.63. The van der Waals surface area contributed by atoms with Gasteiger partial charge in [0, 0.05) is 5.69 Å². The highest BCUT2D eigenvalue weighted by Crippen LogP contribution is 2.38. The minimum Gasteiger partial charge on any atom is -0.449 e. The maximum absolute atomic E-state index is 13.2. The van der Waals surface area contributed by atoms with Crippen LogP contribution in [0.25, 0.3) is 6.08 Å². The normalized spacial score (nSPS) is 14.8. The number of anilines is 2. The molecular weight excluding hydrogens is 336 g/mol. The molecule has 134 valence electrons. The van der Waals surface area contributed by atoms with Crippen molar-refractivity contribution in [2.75, 3.05) is 10.6 Å². The average molecular weight is 356 g/mol. The first kappa shape index (κ1) is 16.9. The highest BCUT2D eigenvalue weighted by atomic mass is 16.5. The van der Waals surface area contributed by atoms with Crippen LogP contribution in [0.15, 0.2) is 78.6 Å². The van der Waals surface area contributed by atoms with E-state index in [0.29, 0.717) is 29.4 Å². The number of fused-ring (bicyclic) bond motifs is 1. The van der Waals surface area contributed by atoms with Crippen LogP contribution in [0.2, 0.25) is 0 Å². The number of rotatable bonds is 3. The van der Waals surface area contributed by atoms with Crippen molar-refractivity contribution in [3.05, 3.63) is 95.2 Å². The van der Waals surface area contributed by atoms with Gasteiger partial charge in [0.25, 0.3) is 5.91 Å². The minimum atomic E-state index is -0.183. The van der Waals surface area contributed by atoms with Gasteiger partial charge in [0.2, 0.25) is 0 Å². The lowest BCUT2D eigenvalue weighted by molar-refractivity contribution is -0.117. The van der Waals surface area contributed by atoms with Crippen molar-refractivity contribution in [1.82, 2.24) is 0 Å². The van der Waals surface area contributed by atoms with Crippen LogP contribution in [0.3, 0.4) is 0 Å². The fourth-order valence-corrected chi connectivity index (χ4v) is 3.06. The van der Waals surface area contributed by atoms with Gasteiger partial charge in [0.15, 0.2) is 11.5 Å². The first-order valence-corrected chi connectivity index (χ1v) is 8.82. The van der Waals surface area contributed by atoms with E-state index in [9.17, 15) is 4.79 Å². The summed E-state index contributed by atoms with van der Waals surface area (Å²) in [6, 6.07) is 23.2. The summed E-state index contributed by atoms with van der Waals surface area (Å²) in [6.45, 7) is 2.49. The molecular formula is C23H20N2O2. The molecule has 4 nitrogen and oxygen atoms in total. The number of hydrogen-bond donors (Lipinski definition) is 1. The van der Waals surface area contributed by atoms with E-state index in [4.69, 9.17) is 10.5 Å². The van der Waals surface area contributed by atoms with E-state index in [0.717, 1.165) is 11.1 Å². The highest BCUT2D eigenvalue weighted by Gasteiger charge is 2.30. The summed E-state index contributed by atoms with van der Waals surface area (Å²) in [6.07, 6.45) is 1.77. The fraction of sp³-hybridized carbons (Fsp3) is 0.0870. The number of amides is 1. The third kappa shape index (κ3) is 3.55. The van der Waals surface area contributed by atoms with E-state index < -0.39 is 0 Å².